The minimum absolute atomic E-state index is 0.0575. The van der Waals surface area contributed by atoms with Gasteiger partial charge >= 0.3 is 0 Å². The lowest BCUT2D eigenvalue weighted by Crippen LogP contribution is -1.98. The first-order valence-electron chi connectivity index (χ1n) is 3.86. The van der Waals surface area contributed by atoms with Crippen LogP contribution in [-0.2, 0) is 0 Å². The Labute approximate surface area is 72.1 Å². The zero-order valence-corrected chi connectivity index (χ0v) is 7.42. The highest BCUT2D eigenvalue weighted by atomic mass is 19.1. The van der Waals surface area contributed by atoms with Gasteiger partial charge in [0.25, 0.3) is 0 Å². The highest BCUT2D eigenvalue weighted by Crippen LogP contribution is 2.01. The minimum Gasteiger partial charge on any atom is -0.394 e. The van der Waals surface area contributed by atoms with Crippen LogP contribution in [0.25, 0.3) is 0 Å². The van der Waals surface area contributed by atoms with Crippen molar-refractivity contribution in [2.24, 2.45) is 4.99 Å². The molecular formula is C9H14FNO. The number of hydrogen-bond acceptors (Lipinski definition) is 2. The van der Waals surface area contributed by atoms with E-state index in [1.165, 1.54) is 6.08 Å². The zero-order valence-electron chi connectivity index (χ0n) is 7.42. The molecule has 0 aromatic rings. The van der Waals surface area contributed by atoms with Crippen LogP contribution in [0.4, 0.5) is 4.39 Å². The molecule has 0 aromatic carbocycles. The number of halogens is 1. The molecule has 0 aliphatic rings. The van der Waals surface area contributed by atoms with Crippen LogP contribution in [0, 0.1) is 0 Å². The smallest absolute Gasteiger partial charge is 0.144 e. The van der Waals surface area contributed by atoms with Gasteiger partial charge < -0.3 is 5.11 Å². The first-order valence-corrected chi connectivity index (χ1v) is 3.86. The van der Waals surface area contributed by atoms with Crippen molar-refractivity contribution in [1.82, 2.24) is 0 Å². The SMILES string of the molecule is C/C=C\C(=NCCO)/C(F)=C\C. The van der Waals surface area contributed by atoms with Gasteiger partial charge in [0.05, 0.1) is 18.9 Å². The molecule has 0 aromatic heterocycles. The predicted octanol–water partition coefficient (Wildman–Crippen LogP) is 1.87. The number of aliphatic hydroxyl groups excluding tert-OH is 1. The first-order chi connectivity index (χ1) is 5.76. The highest BCUT2D eigenvalue weighted by molar-refractivity contribution is 6.06. The third kappa shape index (κ3) is 4.03. The monoisotopic (exact) mass is 171 g/mol. The summed E-state index contributed by atoms with van der Waals surface area (Å²) in [7, 11) is 0. The van der Waals surface area contributed by atoms with E-state index in [1.807, 2.05) is 0 Å². The number of allylic oxidation sites excluding steroid dienone is 4. The van der Waals surface area contributed by atoms with Gasteiger partial charge in [-0.15, -0.1) is 0 Å². The summed E-state index contributed by atoms with van der Waals surface area (Å²) in [5, 5.41) is 8.46. The molecule has 12 heavy (non-hydrogen) atoms. The maximum atomic E-state index is 12.9. The molecule has 0 atom stereocenters. The standard InChI is InChI=1S/C9H14FNO/c1-3-5-9(8(10)4-2)11-6-7-12/h3-5,12H,6-7H2,1-2H3/b5-3-,8-4+,11-9?. The Balaban J connectivity index is 4.43. The lowest BCUT2D eigenvalue weighted by Gasteiger charge is -1.96. The van der Waals surface area contributed by atoms with E-state index in [4.69, 9.17) is 5.11 Å². The van der Waals surface area contributed by atoms with Crippen LogP contribution in [0.3, 0.4) is 0 Å². The number of aliphatic hydroxyl groups is 1. The second kappa shape index (κ2) is 6.73. The molecule has 0 bridgehead atoms. The molecule has 0 heterocycles. The van der Waals surface area contributed by atoms with Crippen molar-refractivity contribution >= 4 is 5.71 Å². The third-order valence-corrected chi connectivity index (χ3v) is 1.20. The van der Waals surface area contributed by atoms with E-state index in [-0.39, 0.29) is 24.7 Å². The third-order valence-electron chi connectivity index (χ3n) is 1.20. The van der Waals surface area contributed by atoms with Crippen molar-refractivity contribution in [3.05, 3.63) is 24.1 Å². The lowest BCUT2D eigenvalue weighted by atomic mass is 10.3. The fraction of sp³-hybridized carbons (Fsp3) is 0.444. The Bertz CT molecular complexity index is 207. The molecule has 0 fully saturated rings. The summed E-state index contributed by atoms with van der Waals surface area (Å²) in [6.45, 7) is 3.57. The predicted molar refractivity (Wildman–Crippen MR) is 49.1 cm³/mol. The summed E-state index contributed by atoms with van der Waals surface area (Å²) in [6, 6.07) is 0. The maximum absolute atomic E-state index is 12.9. The summed E-state index contributed by atoms with van der Waals surface area (Å²) in [6.07, 6.45) is 4.63. The van der Waals surface area contributed by atoms with Crippen LogP contribution in [0.15, 0.2) is 29.0 Å². The first kappa shape index (κ1) is 11.0. The van der Waals surface area contributed by atoms with Gasteiger partial charge in [-0.1, -0.05) is 6.08 Å². The van der Waals surface area contributed by atoms with Crippen LogP contribution in [0.1, 0.15) is 13.8 Å². The van der Waals surface area contributed by atoms with Gasteiger partial charge in [-0.05, 0) is 26.0 Å². The molecule has 0 spiro atoms. The molecular weight excluding hydrogens is 157 g/mol. The number of hydrogen-bond donors (Lipinski definition) is 1. The van der Waals surface area contributed by atoms with Gasteiger partial charge in [0.2, 0.25) is 0 Å². The molecule has 2 nitrogen and oxygen atoms in total. The Morgan fingerprint density at radius 1 is 1.50 bits per heavy atom. The van der Waals surface area contributed by atoms with E-state index in [9.17, 15) is 4.39 Å². The van der Waals surface area contributed by atoms with E-state index < -0.39 is 0 Å². The van der Waals surface area contributed by atoms with Crippen LogP contribution < -0.4 is 0 Å². The Hall–Kier alpha value is -0.960. The summed E-state index contributed by atoms with van der Waals surface area (Å²) < 4.78 is 12.9. The maximum Gasteiger partial charge on any atom is 0.144 e. The average Bonchev–Trinajstić information content (AvgIpc) is 2.11. The summed E-state index contributed by atoms with van der Waals surface area (Å²) >= 11 is 0. The van der Waals surface area contributed by atoms with Gasteiger partial charge in [0, 0.05) is 0 Å². The van der Waals surface area contributed by atoms with Gasteiger partial charge in [-0.25, -0.2) is 4.39 Å². The minimum atomic E-state index is -0.360. The number of nitrogens with zero attached hydrogens (tertiary/aromatic N) is 1. The molecule has 68 valence electrons. The molecule has 0 amide bonds. The van der Waals surface area contributed by atoms with Crippen LogP contribution in [-0.4, -0.2) is 24.0 Å². The normalized spacial score (nSPS) is 14.3. The number of rotatable bonds is 4. The molecule has 0 rings (SSSR count). The largest absolute Gasteiger partial charge is 0.394 e. The Morgan fingerprint density at radius 3 is 2.58 bits per heavy atom. The second-order valence-electron chi connectivity index (χ2n) is 2.13. The molecule has 0 unspecified atom stereocenters. The van der Waals surface area contributed by atoms with Gasteiger partial charge in [-0.3, -0.25) is 4.99 Å². The van der Waals surface area contributed by atoms with Crippen molar-refractivity contribution in [3.63, 3.8) is 0 Å². The van der Waals surface area contributed by atoms with Crippen LogP contribution in [0.2, 0.25) is 0 Å². The summed E-state index contributed by atoms with van der Waals surface area (Å²) in [5.41, 5.74) is 0.286. The lowest BCUT2D eigenvalue weighted by molar-refractivity contribution is 0.307. The summed E-state index contributed by atoms with van der Waals surface area (Å²) in [5.74, 6) is -0.360. The van der Waals surface area contributed by atoms with Crippen molar-refractivity contribution in [2.75, 3.05) is 13.2 Å². The van der Waals surface area contributed by atoms with Crippen LogP contribution >= 0.6 is 0 Å². The topological polar surface area (TPSA) is 32.6 Å². The van der Waals surface area contributed by atoms with E-state index in [1.54, 1.807) is 26.0 Å². The quantitative estimate of drug-likeness (QED) is 0.643. The van der Waals surface area contributed by atoms with E-state index in [2.05, 4.69) is 4.99 Å². The Morgan fingerprint density at radius 2 is 2.17 bits per heavy atom. The van der Waals surface area contributed by atoms with Crippen LogP contribution in [0.5, 0.6) is 0 Å². The van der Waals surface area contributed by atoms with E-state index in [0.717, 1.165) is 0 Å². The molecule has 0 aliphatic carbocycles. The molecule has 0 saturated carbocycles. The summed E-state index contributed by atoms with van der Waals surface area (Å²) in [4.78, 5) is 3.84. The van der Waals surface area contributed by atoms with Gasteiger partial charge in [0.1, 0.15) is 5.83 Å². The molecule has 3 heteroatoms. The zero-order chi connectivity index (χ0) is 9.40. The number of aliphatic imine (C=N–C) groups is 1. The highest BCUT2D eigenvalue weighted by Gasteiger charge is 1.98. The van der Waals surface area contributed by atoms with Gasteiger partial charge in [0.15, 0.2) is 0 Å². The van der Waals surface area contributed by atoms with Gasteiger partial charge in [-0.2, -0.15) is 0 Å². The van der Waals surface area contributed by atoms with Crippen molar-refractivity contribution in [1.29, 1.82) is 0 Å². The molecule has 1 N–H and O–H groups in total. The van der Waals surface area contributed by atoms with E-state index in [0.29, 0.717) is 0 Å². The Kier molecular flexibility index (Phi) is 6.19. The van der Waals surface area contributed by atoms with E-state index >= 15 is 0 Å². The fourth-order valence-corrected chi connectivity index (χ4v) is 0.684. The average molecular weight is 171 g/mol. The molecule has 0 aliphatic heterocycles. The van der Waals surface area contributed by atoms with Crippen molar-refractivity contribution in [2.45, 2.75) is 13.8 Å². The molecule has 0 radical (unpaired) electrons. The molecule has 0 saturated heterocycles. The van der Waals surface area contributed by atoms with Crippen molar-refractivity contribution < 1.29 is 9.50 Å². The van der Waals surface area contributed by atoms with Crippen molar-refractivity contribution in [3.8, 4) is 0 Å². The second-order valence-corrected chi connectivity index (χ2v) is 2.13. The fourth-order valence-electron chi connectivity index (χ4n) is 0.684.